The third kappa shape index (κ3) is 3.22. The lowest BCUT2D eigenvalue weighted by Crippen LogP contribution is -2.08. The first-order valence-corrected chi connectivity index (χ1v) is 7.14. The van der Waals surface area contributed by atoms with Crippen LogP contribution in [-0.2, 0) is 11.3 Å². The van der Waals surface area contributed by atoms with E-state index in [0.717, 1.165) is 0 Å². The molecule has 0 saturated carbocycles. The van der Waals surface area contributed by atoms with E-state index in [4.69, 9.17) is 13.9 Å². The molecule has 0 aliphatic heterocycles. The number of carbonyl (C=O) groups excluding carboxylic acids is 1. The average molecular weight is 326 g/mol. The highest BCUT2D eigenvalue weighted by Crippen LogP contribution is 2.22. The third-order valence-corrected chi connectivity index (χ3v) is 3.50. The number of aromatic hydroxyl groups is 1. The highest BCUT2D eigenvalue weighted by atomic mass is 16.5. The number of benzene rings is 2. The number of hydrogen-bond acceptors (Lipinski definition) is 6. The molecule has 1 heterocycles. The summed E-state index contributed by atoms with van der Waals surface area (Å²) in [6, 6.07) is 12.2. The van der Waals surface area contributed by atoms with Crippen molar-refractivity contribution in [1.29, 1.82) is 0 Å². The molecule has 0 saturated heterocycles. The minimum absolute atomic E-state index is 0.0157. The zero-order chi connectivity index (χ0) is 17.1. The second-order valence-corrected chi connectivity index (χ2v) is 5.08. The van der Waals surface area contributed by atoms with Gasteiger partial charge in [-0.1, -0.05) is 0 Å². The van der Waals surface area contributed by atoms with Gasteiger partial charge in [-0.3, -0.25) is 0 Å². The second kappa shape index (κ2) is 6.45. The van der Waals surface area contributed by atoms with Gasteiger partial charge in [0.25, 0.3) is 0 Å². The van der Waals surface area contributed by atoms with Crippen LogP contribution in [0.15, 0.2) is 57.7 Å². The quantitative estimate of drug-likeness (QED) is 0.586. The predicted molar refractivity (Wildman–Crippen MR) is 86.3 cm³/mol. The average Bonchev–Trinajstić information content (AvgIpc) is 2.59. The van der Waals surface area contributed by atoms with Gasteiger partial charge < -0.3 is 19.0 Å². The molecule has 0 unspecified atom stereocenters. The van der Waals surface area contributed by atoms with Gasteiger partial charge in [0.15, 0.2) is 0 Å². The fourth-order valence-corrected chi connectivity index (χ4v) is 2.29. The Bertz CT molecular complexity index is 940. The fraction of sp³-hybridized carbons (Fsp3) is 0.111. The van der Waals surface area contributed by atoms with E-state index in [0.29, 0.717) is 22.3 Å². The number of hydrogen-bond donors (Lipinski definition) is 1. The third-order valence-electron chi connectivity index (χ3n) is 3.50. The number of ether oxygens (including phenoxy) is 2. The Kier molecular flexibility index (Phi) is 4.20. The van der Waals surface area contributed by atoms with Crippen molar-refractivity contribution in [3.8, 4) is 11.5 Å². The van der Waals surface area contributed by atoms with Gasteiger partial charge in [-0.25, -0.2) is 9.59 Å². The normalized spacial score (nSPS) is 10.5. The summed E-state index contributed by atoms with van der Waals surface area (Å²) in [6.07, 6.45) is 0. The highest BCUT2D eigenvalue weighted by molar-refractivity contribution is 5.89. The Morgan fingerprint density at radius 1 is 1.12 bits per heavy atom. The number of esters is 1. The molecule has 0 aliphatic carbocycles. The van der Waals surface area contributed by atoms with Crippen molar-refractivity contribution in [2.24, 2.45) is 0 Å². The molecule has 0 radical (unpaired) electrons. The van der Waals surface area contributed by atoms with Crippen LogP contribution in [0.1, 0.15) is 15.9 Å². The molecular weight excluding hydrogens is 312 g/mol. The molecule has 0 amide bonds. The number of rotatable bonds is 4. The Balaban J connectivity index is 1.82. The summed E-state index contributed by atoms with van der Waals surface area (Å²) in [5.74, 6) is 0.105. The van der Waals surface area contributed by atoms with Gasteiger partial charge in [-0.15, -0.1) is 0 Å². The minimum Gasteiger partial charge on any atom is -0.508 e. The number of methoxy groups -OCH3 is 1. The van der Waals surface area contributed by atoms with Crippen LogP contribution in [0.4, 0.5) is 0 Å². The molecule has 122 valence electrons. The maximum Gasteiger partial charge on any atom is 0.338 e. The van der Waals surface area contributed by atoms with Crippen LogP contribution >= 0.6 is 0 Å². The standard InChI is InChI=1S/C18H14O6/c1-22-14-5-2-11(3-6-14)18(21)23-10-12-8-17(20)24-16-9-13(19)4-7-15(12)16/h2-9,19H,10H2,1H3. The zero-order valence-electron chi connectivity index (χ0n) is 12.8. The Morgan fingerprint density at radius 3 is 2.58 bits per heavy atom. The topological polar surface area (TPSA) is 86.0 Å². The lowest BCUT2D eigenvalue weighted by atomic mass is 10.1. The molecule has 0 aliphatic rings. The Hall–Kier alpha value is -3.28. The minimum atomic E-state index is -0.580. The van der Waals surface area contributed by atoms with Crippen LogP contribution in [0.3, 0.4) is 0 Å². The van der Waals surface area contributed by atoms with Crippen LogP contribution in [0.2, 0.25) is 0 Å². The Morgan fingerprint density at radius 2 is 1.88 bits per heavy atom. The van der Waals surface area contributed by atoms with Crippen molar-refractivity contribution < 1.29 is 23.8 Å². The lowest BCUT2D eigenvalue weighted by Gasteiger charge is -2.08. The van der Waals surface area contributed by atoms with Gasteiger partial charge in [-0.05, 0) is 36.4 Å². The maximum absolute atomic E-state index is 12.1. The molecule has 3 rings (SSSR count). The van der Waals surface area contributed by atoms with E-state index >= 15 is 0 Å². The molecule has 0 fully saturated rings. The Labute approximate surface area is 136 Å². The largest absolute Gasteiger partial charge is 0.508 e. The van der Waals surface area contributed by atoms with Gasteiger partial charge in [-0.2, -0.15) is 0 Å². The van der Waals surface area contributed by atoms with Crippen molar-refractivity contribution in [1.82, 2.24) is 0 Å². The van der Waals surface area contributed by atoms with Crippen molar-refractivity contribution in [3.63, 3.8) is 0 Å². The van der Waals surface area contributed by atoms with E-state index in [1.807, 2.05) is 0 Å². The highest BCUT2D eigenvalue weighted by Gasteiger charge is 2.11. The second-order valence-electron chi connectivity index (χ2n) is 5.08. The maximum atomic E-state index is 12.1. The first-order valence-electron chi connectivity index (χ1n) is 7.14. The summed E-state index contributed by atoms with van der Waals surface area (Å²) in [6.45, 7) is -0.0856. The number of phenolic OH excluding ortho intramolecular Hbond substituents is 1. The van der Waals surface area contributed by atoms with Crippen molar-refractivity contribution >= 4 is 16.9 Å². The van der Waals surface area contributed by atoms with Gasteiger partial charge in [0.05, 0.1) is 12.7 Å². The zero-order valence-corrected chi connectivity index (χ0v) is 12.8. The van der Waals surface area contributed by atoms with Gasteiger partial charge in [0.1, 0.15) is 23.7 Å². The van der Waals surface area contributed by atoms with Crippen molar-refractivity contribution in [3.05, 3.63) is 70.1 Å². The van der Waals surface area contributed by atoms with E-state index in [-0.39, 0.29) is 17.9 Å². The van der Waals surface area contributed by atoms with Crippen molar-refractivity contribution in [2.75, 3.05) is 7.11 Å². The van der Waals surface area contributed by atoms with E-state index in [1.54, 1.807) is 30.3 Å². The first kappa shape index (κ1) is 15.6. The summed E-state index contributed by atoms with van der Waals surface area (Å²) >= 11 is 0. The van der Waals surface area contributed by atoms with Crippen LogP contribution in [-0.4, -0.2) is 18.2 Å². The van der Waals surface area contributed by atoms with E-state index in [2.05, 4.69) is 0 Å². The van der Waals surface area contributed by atoms with Gasteiger partial charge >= 0.3 is 11.6 Å². The molecule has 6 heteroatoms. The number of phenols is 1. The molecule has 0 bridgehead atoms. The van der Waals surface area contributed by atoms with Gasteiger partial charge in [0.2, 0.25) is 0 Å². The summed E-state index contributed by atoms with van der Waals surface area (Å²) in [7, 11) is 1.54. The van der Waals surface area contributed by atoms with Crippen molar-refractivity contribution in [2.45, 2.75) is 6.61 Å². The fourth-order valence-electron chi connectivity index (χ4n) is 2.29. The molecule has 24 heavy (non-hydrogen) atoms. The predicted octanol–water partition coefficient (Wildman–Crippen LogP) is 2.86. The smallest absolute Gasteiger partial charge is 0.338 e. The van der Waals surface area contributed by atoms with E-state index in [1.165, 1.54) is 25.3 Å². The van der Waals surface area contributed by atoms with Crippen LogP contribution in [0, 0.1) is 0 Å². The SMILES string of the molecule is COc1ccc(C(=O)OCc2cc(=O)oc3cc(O)ccc23)cc1. The van der Waals surface area contributed by atoms with Crippen LogP contribution in [0.25, 0.3) is 11.0 Å². The molecule has 2 aromatic carbocycles. The van der Waals surface area contributed by atoms with E-state index in [9.17, 15) is 14.7 Å². The summed E-state index contributed by atoms with van der Waals surface area (Å²) < 4.78 is 15.3. The van der Waals surface area contributed by atoms with Gasteiger partial charge in [0, 0.05) is 23.1 Å². The molecule has 6 nitrogen and oxygen atoms in total. The molecule has 1 N–H and O–H groups in total. The number of fused-ring (bicyclic) bond motifs is 1. The molecule has 1 aromatic heterocycles. The number of carbonyl (C=O) groups is 1. The van der Waals surface area contributed by atoms with Crippen LogP contribution < -0.4 is 10.4 Å². The molecular formula is C18H14O6. The van der Waals surface area contributed by atoms with Crippen LogP contribution in [0.5, 0.6) is 11.5 Å². The summed E-state index contributed by atoms with van der Waals surface area (Å²) in [5.41, 5.74) is 0.533. The first-order chi connectivity index (χ1) is 11.6. The molecule has 3 aromatic rings. The summed E-state index contributed by atoms with van der Waals surface area (Å²) in [5, 5.41) is 10.1. The molecule has 0 spiro atoms. The monoisotopic (exact) mass is 326 g/mol. The summed E-state index contributed by atoms with van der Waals surface area (Å²) in [4.78, 5) is 23.7. The van der Waals surface area contributed by atoms with E-state index < -0.39 is 11.6 Å². The lowest BCUT2D eigenvalue weighted by molar-refractivity contribution is 0.0474. The molecule has 0 atom stereocenters.